The highest BCUT2D eigenvalue weighted by atomic mass is 16.1. The minimum Gasteiger partial charge on any atom is -0.362 e. The topological polar surface area (TPSA) is 66.9 Å². The molecule has 3 rings (SSSR count). The number of rotatable bonds is 3. The van der Waals surface area contributed by atoms with Crippen LogP contribution in [0.4, 0.5) is 5.82 Å². The molecule has 1 aromatic carbocycles. The number of carbonyl (C=O) groups is 1. The molecule has 2 aromatic rings. The lowest BCUT2D eigenvalue weighted by molar-refractivity contribution is 0.0958. The van der Waals surface area contributed by atoms with Gasteiger partial charge in [0, 0.05) is 7.05 Å². The standard InChI is InChI=1S/C16H18N4O/c1-17-16(21)14-9-19-15(10-18-14)20-13-8-4-6-11-5-2-3-7-12(11)13/h2-3,5,7,9-10,13H,4,6,8H2,1H3,(H,17,21)(H,19,20). The summed E-state index contributed by atoms with van der Waals surface area (Å²) in [5.74, 6) is 0.474. The first-order valence-corrected chi connectivity index (χ1v) is 7.16. The number of aromatic nitrogens is 2. The van der Waals surface area contributed by atoms with Crippen molar-refractivity contribution < 1.29 is 4.79 Å². The summed E-state index contributed by atoms with van der Waals surface area (Å²) in [6.07, 6.45) is 6.49. The second kappa shape index (κ2) is 5.91. The first-order chi connectivity index (χ1) is 10.3. The smallest absolute Gasteiger partial charge is 0.271 e. The Labute approximate surface area is 123 Å². The Hall–Kier alpha value is -2.43. The van der Waals surface area contributed by atoms with Gasteiger partial charge < -0.3 is 10.6 Å². The Morgan fingerprint density at radius 2 is 2.10 bits per heavy atom. The van der Waals surface area contributed by atoms with Gasteiger partial charge in [-0.25, -0.2) is 9.97 Å². The summed E-state index contributed by atoms with van der Waals surface area (Å²) in [6.45, 7) is 0. The lowest BCUT2D eigenvalue weighted by Gasteiger charge is -2.26. The number of hydrogen-bond acceptors (Lipinski definition) is 4. The Kier molecular flexibility index (Phi) is 3.81. The molecule has 0 radical (unpaired) electrons. The average Bonchev–Trinajstić information content (AvgIpc) is 2.55. The van der Waals surface area contributed by atoms with Crippen LogP contribution in [-0.2, 0) is 6.42 Å². The molecule has 0 spiro atoms. The third-order valence-corrected chi connectivity index (χ3v) is 3.80. The van der Waals surface area contributed by atoms with Crippen LogP contribution in [0.3, 0.4) is 0 Å². The maximum absolute atomic E-state index is 11.4. The van der Waals surface area contributed by atoms with E-state index in [1.807, 2.05) is 0 Å². The number of nitrogens with one attached hydrogen (secondary N) is 2. The van der Waals surface area contributed by atoms with E-state index in [4.69, 9.17) is 0 Å². The van der Waals surface area contributed by atoms with Gasteiger partial charge in [-0.2, -0.15) is 0 Å². The molecule has 0 saturated carbocycles. The first-order valence-electron chi connectivity index (χ1n) is 7.16. The highest BCUT2D eigenvalue weighted by molar-refractivity contribution is 5.91. The molecule has 1 aliphatic carbocycles. The van der Waals surface area contributed by atoms with Crippen molar-refractivity contribution in [3.05, 3.63) is 53.5 Å². The summed E-state index contributed by atoms with van der Waals surface area (Å²) < 4.78 is 0. The lowest BCUT2D eigenvalue weighted by Crippen LogP contribution is -2.20. The molecule has 1 aromatic heterocycles. The minimum atomic E-state index is -0.225. The molecule has 0 saturated heterocycles. The summed E-state index contributed by atoms with van der Waals surface area (Å²) in [5, 5.41) is 5.95. The van der Waals surface area contributed by atoms with Gasteiger partial charge in [-0.05, 0) is 30.4 Å². The fraction of sp³-hybridized carbons (Fsp3) is 0.312. The van der Waals surface area contributed by atoms with E-state index in [1.54, 1.807) is 13.2 Å². The number of amides is 1. The molecule has 1 aliphatic rings. The molecular weight excluding hydrogens is 264 g/mol. The van der Waals surface area contributed by atoms with Gasteiger partial charge in [0.25, 0.3) is 5.91 Å². The van der Waals surface area contributed by atoms with Crippen LogP contribution in [0.2, 0.25) is 0 Å². The molecule has 108 valence electrons. The average molecular weight is 282 g/mol. The predicted octanol–water partition coefficient (Wildman–Crippen LogP) is 2.33. The van der Waals surface area contributed by atoms with E-state index in [-0.39, 0.29) is 11.9 Å². The third kappa shape index (κ3) is 2.86. The van der Waals surface area contributed by atoms with Crippen LogP contribution in [0.25, 0.3) is 0 Å². The van der Waals surface area contributed by atoms with Gasteiger partial charge >= 0.3 is 0 Å². The Bertz CT molecular complexity index is 639. The van der Waals surface area contributed by atoms with Crippen molar-refractivity contribution in [2.24, 2.45) is 0 Å². The zero-order valence-electron chi connectivity index (χ0n) is 12.0. The molecule has 2 N–H and O–H groups in total. The second-order valence-corrected chi connectivity index (χ2v) is 5.15. The van der Waals surface area contributed by atoms with Crippen LogP contribution in [0, 0.1) is 0 Å². The van der Waals surface area contributed by atoms with Crippen LogP contribution < -0.4 is 10.6 Å². The second-order valence-electron chi connectivity index (χ2n) is 5.15. The normalized spacial score (nSPS) is 16.9. The van der Waals surface area contributed by atoms with Crippen LogP contribution >= 0.6 is 0 Å². The number of nitrogens with zero attached hydrogens (tertiary/aromatic N) is 2. The number of benzene rings is 1. The van der Waals surface area contributed by atoms with E-state index in [9.17, 15) is 4.79 Å². The van der Waals surface area contributed by atoms with Crippen LogP contribution in [0.5, 0.6) is 0 Å². The van der Waals surface area contributed by atoms with Crippen molar-refractivity contribution in [3.8, 4) is 0 Å². The van der Waals surface area contributed by atoms with Crippen LogP contribution in [-0.4, -0.2) is 22.9 Å². The number of carbonyl (C=O) groups excluding carboxylic acids is 1. The SMILES string of the molecule is CNC(=O)c1cnc(NC2CCCc3ccccc32)cn1. The van der Waals surface area contributed by atoms with E-state index >= 15 is 0 Å². The van der Waals surface area contributed by atoms with Crippen molar-refractivity contribution in [2.75, 3.05) is 12.4 Å². The van der Waals surface area contributed by atoms with E-state index in [1.165, 1.54) is 23.7 Å². The molecule has 0 aliphatic heterocycles. The fourth-order valence-electron chi connectivity index (χ4n) is 2.73. The summed E-state index contributed by atoms with van der Waals surface area (Å²) in [5.41, 5.74) is 3.06. The van der Waals surface area contributed by atoms with Crippen molar-refractivity contribution in [1.29, 1.82) is 0 Å². The molecule has 1 heterocycles. The van der Waals surface area contributed by atoms with Crippen LogP contribution in [0.1, 0.15) is 40.5 Å². The van der Waals surface area contributed by atoms with Gasteiger partial charge in [0.15, 0.2) is 0 Å². The Morgan fingerprint density at radius 1 is 1.24 bits per heavy atom. The molecule has 1 amide bonds. The van der Waals surface area contributed by atoms with Gasteiger partial charge in [0.05, 0.1) is 18.4 Å². The van der Waals surface area contributed by atoms with Crippen molar-refractivity contribution >= 4 is 11.7 Å². The Morgan fingerprint density at radius 3 is 2.86 bits per heavy atom. The lowest BCUT2D eigenvalue weighted by atomic mass is 9.88. The molecular formula is C16H18N4O. The van der Waals surface area contributed by atoms with Crippen molar-refractivity contribution in [1.82, 2.24) is 15.3 Å². The first kappa shape index (κ1) is 13.5. The predicted molar refractivity (Wildman–Crippen MR) is 81.2 cm³/mol. The molecule has 5 nitrogen and oxygen atoms in total. The van der Waals surface area contributed by atoms with Crippen molar-refractivity contribution in [2.45, 2.75) is 25.3 Å². The summed E-state index contributed by atoms with van der Waals surface area (Å²) in [4.78, 5) is 19.9. The molecule has 0 bridgehead atoms. The van der Waals surface area contributed by atoms with Gasteiger partial charge in [-0.1, -0.05) is 24.3 Å². The molecule has 1 atom stereocenters. The Balaban J connectivity index is 1.77. The molecule has 21 heavy (non-hydrogen) atoms. The van der Waals surface area contributed by atoms with E-state index < -0.39 is 0 Å². The van der Waals surface area contributed by atoms with Gasteiger partial charge in [0.2, 0.25) is 0 Å². The number of hydrogen-bond donors (Lipinski definition) is 2. The van der Waals surface area contributed by atoms with Gasteiger partial charge in [-0.15, -0.1) is 0 Å². The zero-order valence-corrected chi connectivity index (χ0v) is 12.0. The number of anilines is 1. The summed E-state index contributed by atoms with van der Waals surface area (Å²) >= 11 is 0. The maximum Gasteiger partial charge on any atom is 0.271 e. The van der Waals surface area contributed by atoms with E-state index in [0.717, 1.165) is 12.8 Å². The number of fused-ring (bicyclic) bond motifs is 1. The largest absolute Gasteiger partial charge is 0.362 e. The van der Waals surface area contributed by atoms with E-state index in [0.29, 0.717) is 11.5 Å². The molecule has 1 unspecified atom stereocenters. The highest BCUT2D eigenvalue weighted by Crippen LogP contribution is 2.31. The number of aryl methyl sites for hydroxylation is 1. The molecule has 5 heteroatoms. The zero-order chi connectivity index (χ0) is 14.7. The molecule has 0 fully saturated rings. The van der Waals surface area contributed by atoms with Gasteiger partial charge in [-0.3, -0.25) is 4.79 Å². The van der Waals surface area contributed by atoms with Gasteiger partial charge in [0.1, 0.15) is 11.5 Å². The van der Waals surface area contributed by atoms with E-state index in [2.05, 4.69) is 44.9 Å². The quantitative estimate of drug-likeness (QED) is 0.906. The minimum absolute atomic E-state index is 0.225. The summed E-state index contributed by atoms with van der Waals surface area (Å²) in [7, 11) is 1.58. The maximum atomic E-state index is 11.4. The summed E-state index contributed by atoms with van der Waals surface area (Å²) in [6, 6.07) is 8.76. The third-order valence-electron chi connectivity index (χ3n) is 3.80. The highest BCUT2D eigenvalue weighted by Gasteiger charge is 2.20. The fourth-order valence-corrected chi connectivity index (χ4v) is 2.73. The monoisotopic (exact) mass is 282 g/mol. The van der Waals surface area contributed by atoms with Crippen LogP contribution in [0.15, 0.2) is 36.7 Å². The van der Waals surface area contributed by atoms with Crippen molar-refractivity contribution in [3.63, 3.8) is 0 Å².